The van der Waals surface area contributed by atoms with Gasteiger partial charge in [-0.2, -0.15) is 4.98 Å². The van der Waals surface area contributed by atoms with E-state index < -0.39 is 5.97 Å². The monoisotopic (exact) mass is 185 g/mol. The maximum atomic E-state index is 10.3. The summed E-state index contributed by atoms with van der Waals surface area (Å²) in [5.74, 6) is -0.657. The summed E-state index contributed by atoms with van der Waals surface area (Å²) < 4.78 is 5.13. The van der Waals surface area contributed by atoms with E-state index in [0.717, 1.165) is 0 Å². The van der Waals surface area contributed by atoms with Gasteiger partial charge in [0, 0.05) is 0 Å². The lowest BCUT2D eigenvalue weighted by atomic mass is 10.4. The molecule has 0 saturated carbocycles. The summed E-state index contributed by atoms with van der Waals surface area (Å²) in [4.78, 5) is 14.1. The van der Waals surface area contributed by atoms with Crippen LogP contribution in [0.15, 0.2) is 0 Å². The van der Waals surface area contributed by atoms with Gasteiger partial charge in [0.2, 0.25) is 0 Å². The van der Waals surface area contributed by atoms with E-state index in [2.05, 4.69) is 15.2 Å². The number of carbonyl (C=O) groups is 1. The molecule has 2 N–H and O–H groups in total. The number of nitrogens with one attached hydrogen (secondary N) is 1. The molecule has 1 aromatic heterocycles. The van der Waals surface area contributed by atoms with Crippen LogP contribution >= 0.6 is 0 Å². The van der Waals surface area contributed by atoms with E-state index in [4.69, 9.17) is 9.84 Å². The zero-order valence-electron chi connectivity index (χ0n) is 7.44. The molecule has 0 fully saturated rings. The molecule has 0 aromatic carbocycles. The van der Waals surface area contributed by atoms with Crippen LogP contribution < -0.4 is 4.74 Å². The predicted molar refractivity (Wildman–Crippen MR) is 43.5 cm³/mol. The molecule has 1 rings (SSSR count). The third-order valence-corrected chi connectivity index (χ3v) is 1.17. The van der Waals surface area contributed by atoms with Crippen molar-refractivity contribution in [2.75, 3.05) is 0 Å². The molecule has 6 nitrogen and oxygen atoms in total. The topological polar surface area (TPSA) is 88.1 Å². The van der Waals surface area contributed by atoms with Crippen LogP contribution in [0.1, 0.15) is 19.7 Å². The van der Waals surface area contributed by atoms with Crippen molar-refractivity contribution in [2.45, 2.75) is 26.4 Å². The van der Waals surface area contributed by atoms with Crippen LogP contribution in [0.2, 0.25) is 0 Å². The Morgan fingerprint density at radius 2 is 2.38 bits per heavy atom. The van der Waals surface area contributed by atoms with E-state index in [1.807, 2.05) is 13.8 Å². The van der Waals surface area contributed by atoms with Crippen LogP contribution in [-0.4, -0.2) is 32.4 Å². The van der Waals surface area contributed by atoms with Gasteiger partial charge < -0.3 is 9.84 Å². The first-order valence-corrected chi connectivity index (χ1v) is 3.87. The van der Waals surface area contributed by atoms with Gasteiger partial charge in [0.1, 0.15) is 12.2 Å². The van der Waals surface area contributed by atoms with Gasteiger partial charge in [0.15, 0.2) is 0 Å². The summed E-state index contributed by atoms with van der Waals surface area (Å²) in [5.41, 5.74) is 0. The van der Waals surface area contributed by atoms with E-state index in [1.54, 1.807) is 0 Å². The molecule has 72 valence electrons. The van der Waals surface area contributed by atoms with Crippen molar-refractivity contribution in [2.24, 2.45) is 0 Å². The lowest BCUT2D eigenvalue weighted by Gasteiger charge is -2.02. The zero-order chi connectivity index (χ0) is 9.84. The summed E-state index contributed by atoms with van der Waals surface area (Å²) in [6, 6.07) is 0.186. The van der Waals surface area contributed by atoms with Crippen molar-refractivity contribution in [3.8, 4) is 6.01 Å². The number of H-pyrrole nitrogens is 1. The summed E-state index contributed by atoms with van der Waals surface area (Å²) in [6.07, 6.45) is -0.192. The fraction of sp³-hybridized carbons (Fsp3) is 0.571. The molecule has 1 heterocycles. The van der Waals surface area contributed by atoms with Gasteiger partial charge in [-0.3, -0.25) is 9.89 Å². The number of carboxylic acids is 1. The molecular formula is C7H11N3O3. The maximum Gasteiger partial charge on any atom is 0.335 e. The minimum atomic E-state index is -0.952. The maximum absolute atomic E-state index is 10.3. The second-order valence-electron chi connectivity index (χ2n) is 2.80. The average molecular weight is 185 g/mol. The number of aromatic amines is 1. The van der Waals surface area contributed by atoms with Gasteiger partial charge in [-0.15, -0.1) is 5.10 Å². The molecule has 0 radical (unpaired) electrons. The van der Waals surface area contributed by atoms with Gasteiger partial charge in [0.25, 0.3) is 0 Å². The first-order valence-electron chi connectivity index (χ1n) is 3.87. The van der Waals surface area contributed by atoms with E-state index in [-0.39, 0.29) is 18.5 Å². The van der Waals surface area contributed by atoms with Crippen molar-refractivity contribution < 1.29 is 14.6 Å². The Kier molecular flexibility index (Phi) is 2.84. The van der Waals surface area contributed by atoms with Crippen LogP contribution in [-0.2, 0) is 11.2 Å². The molecule has 0 unspecified atom stereocenters. The Morgan fingerprint density at radius 1 is 1.69 bits per heavy atom. The van der Waals surface area contributed by atoms with E-state index in [9.17, 15) is 4.79 Å². The number of rotatable bonds is 4. The molecule has 0 amide bonds. The molecule has 0 bridgehead atoms. The standard InChI is InChI=1S/C7H11N3O3/c1-4(2)13-7-8-5(9-10-7)3-6(11)12/h4H,3H2,1-2H3,(H,11,12)(H,8,9,10). The highest BCUT2D eigenvalue weighted by atomic mass is 16.5. The molecular weight excluding hydrogens is 174 g/mol. The smallest absolute Gasteiger partial charge is 0.335 e. The van der Waals surface area contributed by atoms with Crippen LogP contribution in [0.25, 0.3) is 0 Å². The summed E-state index contributed by atoms with van der Waals surface area (Å²) in [7, 11) is 0. The van der Waals surface area contributed by atoms with E-state index in [0.29, 0.717) is 5.82 Å². The van der Waals surface area contributed by atoms with Gasteiger partial charge in [-0.1, -0.05) is 0 Å². The van der Waals surface area contributed by atoms with Gasteiger partial charge >= 0.3 is 12.0 Å². The molecule has 0 aliphatic heterocycles. The second kappa shape index (κ2) is 3.88. The number of aliphatic carboxylic acids is 1. The van der Waals surface area contributed by atoms with Gasteiger partial charge in [-0.05, 0) is 13.8 Å². The largest absolute Gasteiger partial charge is 0.481 e. The van der Waals surface area contributed by atoms with Gasteiger partial charge in [-0.25, -0.2) is 0 Å². The van der Waals surface area contributed by atoms with Crippen LogP contribution in [0, 0.1) is 0 Å². The Labute approximate surface area is 74.9 Å². The summed E-state index contributed by atoms with van der Waals surface area (Å²) in [5, 5.41) is 14.6. The highest BCUT2D eigenvalue weighted by Crippen LogP contribution is 2.04. The summed E-state index contributed by atoms with van der Waals surface area (Å²) in [6.45, 7) is 3.68. The van der Waals surface area contributed by atoms with Crippen molar-refractivity contribution in [1.29, 1.82) is 0 Å². The number of carboxylic acid groups (broad SMARTS) is 1. The minimum Gasteiger partial charge on any atom is -0.481 e. The Bertz CT molecular complexity index is 295. The molecule has 0 aliphatic carbocycles. The number of hydrogen-bond donors (Lipinski definition) is 2. The van der Waals surface area contributed by atoms with Crippen molar-refractivity contribution in [3.05, 3.63) is 5.82 Å². The Balaban J connectivity index is 2.58. The fourth-order valence-electron chi connectivity index (χ4n) is 0.764. The molecule has 0 aliphatic rings. The third-order valence-electron chi connectivity index (χ3n) is 1.17. The molecule has 0 saturated heterocycles. The van der Waals surface area contributed by atoms with Crippen LogP contribution in [0.5, 0.6) is 6.01 Å². The zero-order valence-corrected chi connectivity index (χ0v) is 7.44. The lowest BCUT2D eigenvalue weighted by Crippen LogP contribution is -2.07. The predicted octanol–water partition coefficient (Wildman–Crippen LogP) is 0.219. The quantitative estimate of drug-likeness (QED) is 0.700. The first kappa shape index (κ1) is 9.50. The highest BCUT2D eigenvalue weighted by molar-refractivity contribution is 5.68. The molecule has 1 aromatic rings. The lowest BCUT2D eigenvalue weighted by molar-refractivity contribution is -0.136. The van der Waals surface area contributed by atoms with Gasteiger partial charge in [0.05, 0.1) is 6.10 Å². The van der Waals surface area contributed by atoms with Crippen molar-refractivity contribution in [1.82, 2.24) is 15.2 Å². The number of hydrogen-bond acceptors (Lipinski definition) is 4. The fourth-order valence-corrected chi connectivity index (χ4v) is 0.764. The Morgan fingerprint density at radius 3 is 2.92 bits per heavy atom. The molecule has 0 atom stereocenters. The molecule has 0 spiro atoms. The second-order valence-corrected chi connectivity index (χ2v) is 2.80. The molecule has 13 heavy (non-hydrogen) atoms. The number of nitrogens with zero attached hydrogens (tertiary/aromatic N) is 2. The van der Waals surface area contributed by atoms with Crippen LogP contribution in [0.3, 0.4) is 0 Å². The van der Waals surface area contributed by atoms with Crippen LogP contribution in [0.4, 0.5) is 0 Å². The number of aromatic nitrogens is 3. The third kappa shape index (κ3) is 3.10. The normalized spacial score (nSPS) is 10.4. The highest BCUT2D eigenvalue weighted by Gasteiger charge is 2.08. The molecule has 6 heteroatoms. The number of ether oxygens (including phenoxy) is 1. The summed E-state index contributed by atoms with van der Waals surface area (Å²) >= 11 is 0. The van der Waals surface area contributed by atoms with E-state index >= 15 is 0 Å². The average Bonchev–Trinajstić information content (AvgIpc) is 2.33. The Hall–Kier alpha value is -1.59. The SMILES string of the molecule is CC(C)Oc1n[nH]c(CC(=O)O)n1. The van der Waals surface area contributed by atoms with Crippen molar-refractivity contribution in [3.63, 3.8) is 0 Å². The van der Waals surface area contributed by atoms with E-state index in [1.165, 1.54) is 0 Å². The van der Waals surface area contributed by atoms with Crippen molar-refractivity contribution >= 4 is 5.97 Å². The first-order chi connectivity index (χ1) is 6.08. The minimum absolute atomic E-state index is 0.0199.